The van der Waals surface area contributed by atoms with Crippen molar-refractivity contribution < 1.29 is 19.0 Å². The molecule has 28 heavy (non-hydrogen) atoms. The quantitative estimate of drug-likeness (QED) is 0.717. The van der Waals surface area contributed by atoms with Crippen molar-refractivity contribution in [1.82, 2.24) is 15.2 Å². The van der Waals surface area contributed by atoms with Gasteiger partial charge in [-0.15, -0.1) is 11.3 Å². The molecule has 4 rings (SSSR count). The summed E-state index contributed by atoms with van der Waals surface area (Å²) in [5.74, 6) is 2.35. The van der Waals surface area contributed by atoms with Crippen LogP contribution in [-0.2, 0) is 11.3 Å². The van der Waals surface area contributed by atoms with Crippen molar-refractivity contribution in [3.63, 3.8) is 0 Å². The minimum atomic E-state index is 0.0824. The predicted octanol–water partition coefficient (Wildman–Crippen LogP) is 2.59. The molecule has 1 saturated heterocycles. The molecule has 0 atom stereocenters. The minimum Gasteiger partial charge on any atom is -0.492 e. The van der Waals surface area contributed by atoms with Crippen molar-refractivity contribution in [2.24, 2.45) is 5.92 Å². The number of rotatable bonds is 7. The van der Waals surface area contributed by atoms with Gasteiger partial charge in [-0.1, -0.05) is 0 Å². The van der Waals surface area contributed by atoms with E-state index in [0.29, 0.717) is 24.7 Å². The summed E-state index contributed by atoms with van der Waals surface area (Å²) in [4.78, 5) is 19.3. The highest BCUT2D eigenvalue weighted by Gasteiger charge is 2.25. The fourth-order valence-electron chi connectivity index (χ4n) is 3.52. The molecular formula is C20H25N3O4S. The lowest BCUT2D eigenvalue weighted by molar-refractivity contribution is -0.126. The van der Waals surface area contributed by atoms with Gasteiger partial charge in [0.1, 0.15) is 12.4 Å². The SMILES string of the molecule is Cc1nc(CN2CCC(C(=O)NCCOc3ccc4c(c3)OCO4)CC2)cs1. The maximum absolute atomic E-state index is 12.4. The van der Waals surface area contributed by atoms with Crippen LogP contribution in [0.3, 0.4) is 0 Å². The van der Waals surface area contributed by atoms with Gasteiger partial charge in [0.2, 0.25) is 12.7 Å². The Morgan fingerprint density at radius 3 is 2.93 bits per heavy atom. The number of likely N-dealkylation sites (tertiary alicyclic amines) is 1. The summed E-state index contributed by atoms with van der Waals surface area (Å²) in [6.45, 7) is 5.93. The number of nitrogens with one attached hydrogen (secondary N) is 1. The third kappa shape index (κ3) is 4.74. The number of hydrogen-bond acceptors (Lipinski definition) is 7. The second-order valence-electron chi connectivity index (χ2n) is 7.06. The molecule has 1 amide bonds. The van der Waals surface area contributed by atoms with Crippen molar-refractivity contribution in [2.45, 2.75) is 26.3 Å². The molecule has 7 nitrogen and oxygen atoms in total. The monoisotopic (exact) mass is 403 g/mol. The first-order valence-electron chi connectivity index (χ1n) is 9.61. The maximum Gasteiger partial charge on any atom is 0.231 e. The van der Waals surface area contributed by atoms with Gasteiger partial charge in [0.25, 0.3) is 0 Å². The maximum atomic E-state index is 12.4. The fourth-order valence-corrected chi connectivity index (χ4v) is 4.12. The van der Waals surface area contributed by atoms with Gasteiger partial charge in [0, 0.05) is 23.9 Å². The van der Waals surface area contributed by atoms with Gasteiger partial charge in [-0.25, -0.2) is 4.98 Å². The second kappa shape index (κ2) is 8.79. The minimum absolute atomic E-state index is 0.0824. The average molecular weight is 404 g/mol. The molecule has 150 valence electrons. The Balaban J connectivity index is 1.14. The van der Waals surface area contributed by atoms with Crippen LogP contribution >= 0.6 is 11.3 Å². The van der Waals surface area contributed by atoms with Crippen LogP contribution in [-0.4, -0.2) is 48.8 Å². The number of nitrogens with zero attached hydrogens (tertiary/aromatic N) is 2. The molecule has 2 aliphatic heterocycles. The molecule has 0 radical (unpaired) electrons. The topological polar surface area (TPSA) is 72.9 Å². The summed E-state index contributed by atoms with van der Waals surface area (Å²) < 4.78 is 16.3. The Morgan fingerprint density at radius 2 is 2.14 bits per heavy atom. The molecule has 8 heteroatoms. The number of benzene rings is 1. The zero-order chi connectivity index (χ0) is 19.3. The van der Waals surface area contributed by atoms with Crippen LogP contribution in [0.5, 0.6) is 17.2 Å². The van der Waals surface area contributed by atoms with Crippen molar-refractivity contribution >= 4 is 17.2 Å². The van der Waals surface area contributed by atoms with Gasteiger partial charge in [-0.2, -0.15) is 0 Å². The van der Waals surface area contributed by atoms with Gasteiger partial charge in [0.15, 0.2) is 11.5 Å². The van der Waals surface area contributed by atoms with E-state index in [4.69, 9.17) is 14.2 Å². The zero-order valence-corrected chi connectivity index (χ0v) is 16.8. The Hall–Kier alpha value is -2.32. The van der Waals surface area contributed by atoms with Crippen LogP contribution < -0.4 is 19.5 Å². The molecule has 3 heterocycles. The number of amides is 1. The lowest BCUT2D eigenvalue weighted by atomic mass is 9.96. The average Bonchev–Trinajstić information content (AvgIpc) is 3.34. The highest BCUT2D eigenvalue weighted by Crippen LogP contribution is 2.35. The van der Waals surface area contributed by atoms with E-state index >= 15 is 0 Å². The number of fused-ring (bicyclic) bond motifs is 1. The Kier molecular flexibility index (Phi) is 5.97. The van der Waals surface area contributed by atoms with Crippen molar-refractivity contribution in [2.75, 3.05) is 33.0 Å². The number of carbonyl (C=O) groups excluding carboxylic acids is 1. The first-order valence-corrected chi connectivity index (χ1v) is 10.5. The number of carbonyl (C=O) groups is 1. The summed E-state index contributed by atoms with van der Waals surface area (Å²) in [5.41, 5.74) is 1.13. The molecule has 0 spiro atoms. The van der Waals surface area contributed by atoms with Crippen molar-refractivity contribution in [3.8, 4) is 17.2 Å². The normalized spacial score (nSPS) is 16.9. The molecular weight excluding hydrogens is 378 g/mol. The van der Waals surface area contributed by atoms with Gasteiger partial charge in [-0.05, 0) is 45.0 Å². The van der Waals surface area contributed by atoms with Gasteiger partial charge < -0.3 is 19.5 Å². The number of thiazole rings is 1. The van der Waals surface area contributed by atoms with Crippen LogP contribution in [0.25, 0.3) is 0 Å². The summed E-state index contributed by atoms with van der Waals surface area (Å²) in [6, 6.07) is 5.48. The third-order valence-electron chi connectivity index (χ3n) is 5.02. The number of piperidine rings is 1. The predicted molar refractivity (Wildman–Crippen MR) is 106 cm³/mol. The number of aryl methyl sites for hydroxylation is 1. The Morgan fingerprint density at radius 1 is 1.32 bits per heavy atom. The smallest absolute Gasteiger partial charge is 0.231 e. The van der Waals surface area contributed by atoms with E-state index in [9.17, 15) is 4.79 Å². The highest BCUT2D eigenvalue weighted by molar-refractivity contribution is 7.09. The van der Waals surface area contributed by atoms with Gasteiger partial charge >= 0.3 is 0 Å². The fraction of sp³-hybridized carbons (Fsp3) is 0.500. The largest absolute Gasteiger partial charge is 0.492 e. The van der Waals surface area contributed by atoms with E-state index in [1.165, 1.54) is 0 Å². The first kappa shape index (κ1) is 19.0. The number of ether oxygens (including phenoxy) is 3. The van der Waals surface area contributed by atoms with Crippen molar-refractivity contribution in [3.05, 3.63) is 34.3 Å². The molecule has 0 aliphatic carbocycles. The summed E-state index contributed by atoms with van der Waals surface area (Å²) >= 11 is 1.69. The Labute approximate surface area is 168 Å². The lowest BCUT2D eigenvalue weighted by Gasteiger charge is -2.30. The van der Waals surface area contributed by atoms with E-state index in [1.54, 1.807) is 11.3 Å². The molecule has 1 fully saturated rings. The highest BCUT2D eigenvalue weighted by atomic mass is 32.1. The molecule has 1 N–H and O–H groups in total. The molecule has 0 saturated carbocycles. The molecule has 0 bridgehead atoms. The number of hydrogen-bond donors (Lipinski definition) is 1. The van der Waals surface area contributed by atoms with E-state index < -0.39 is 0 Å². The van der Waals surface area contributed by atoms with E-state index in [-0.39, 0.29) is 18.6 Å². The summed E-state index contributed by atoms with van der Waals surface area (Å²) in [7, 11) is 0. The molecule has 2 aliphatic rings. The zero-order valence-electron chi connectivity index (χ0n) is 16.0. The standard InChI is InChI=1S/C20H25N3O4S/c1-14-22-16(12-28-14)11-23-7-4-15(5-8-23)20(24)21-6-9-25-17-2-3-18-19(10-17)27-13-26-18/h2-3,10,12,15H,4-9,11,13H2,1H3,(H,21,24). The Bertz CT molecular complexity index is 818. The molecule has 1 aromatic carbocycles. The van der Waals surface area contributed by atoms with Gasteiger partial charge in [0.05, 0.1) is 17.2 Å². The third-order valence-corrected chi connectivity index (χ3v) is 5.85. The molecule has 1 aromatic heterocycles. The van der Waals surface area contributed by atoms with E-state index in [2.05, 4.69) is 20.6 Å². The van der Waals surface area contributed by atoms with Crippen LogP contribution in [0, 0.1) is 12.8 Å². The first-order chi connectivity index (χ1) is 13.7. The van der Waals surface area contributed by atoms with Crippen LogP contribution in [0.15, 0.2) is 23.6 Å². The van der Waals surface area contributed by atoms with Crippen LogP contribution in [0.4, 0.5) is 0 Å². The van der Waals surface area contributed by atoms with E-state index in [0.717, 1.165) is 48.9 Å². The molecule has 0 unspecified atom stereocenters. The van der Waals surface area contributed by atoms with Gasteiger partial charge in [-0.3, -0.25) is 9.69 Å². The summed E-state index contributed by atoms with van der Waals surface area (Å²) in [5, 5.41) is 6.22. The summed E-state index contributed by atoms with van der Waals surface area (Å²) in [6.07, 6.45) is 1.77. The van der Waals surface area contributed by atoms with E-state index in [1.807, 2.05) is 25.1 Å². The van der Waals surface area contributed by atoms with Crippen LogP contribution in [0.1, 0.15) is 23.5 Å². The van der Waals surface area contributed by atoms with Crippen LogP contribution in [0.2, 0.25) is 0 Å². The lowest BCUT2D eigenvalue weighted by Crippen LogP contribution is -2.41. The second-order valence-corrected chi connectivity index (χ2v) is 8.13. The molecule has 2 aromatic rings. The van der Waals surface area contributed by atoms with Crippen molar-refractivity contribution in [1.29, 1.82) is 0 Å². The number of aromatic nitrogens is 1.